The minimum atomic E-state index is -2.98. The lowest BCUT2D eigenvalue weighted by molar-refractivity contribution is -0.116. The zero-order chi connectivity index (χ0) is 14.3. The van der Waals surface area contributed by atoms with Gasteiger partial charge in [0.15, 0.2) is 11.5 Å². The molecule has 0 aromatic heterocycles. The highest BCUT2D eigenvalue weighted by atomic mass is 19.3. The number of amides is 1. The number of benzene rings is 1. The molecule has 1 amide bonds. The first kappa shape index (κ1) is 15.2. The lowest BCUT2D eigenvalue weighted by Crippen LogP contribution is -2.12. The molecule has 1 aromatic rings. The molecule has 0 saturated heterocycles. The van der Waals surface area contributed by atoms with Gasteiger partial charge in [-0.15, -0.1) is 0 Å². The minimum Gasteiger partial charge on any atom is -0.493 e. The molecule has 0 aliphatic heterocycles. The molecule has 0 bridgehead atoms. The van der Waals surface area contributed by atoms with E-state index in [2.05, 4.69) is 10.1 Å². The van der Waals surface area contributed by atoms with Crippen molar-refractivity contribution >= 4 is 11.6 Å². The van der Waals surface area contributed by atoms with Crippen LogP contribution in [0.3, 0.4) is 0 Å². The third-order valence-electron chi connectivity index (χ3n) is 2.23. The topological polar surface area (TPSA) is 67.8 Å². The highest BCUT2D eigenvalue weighted by Gasteiger charge is 2.12. The van der Waals surface area contributed by atoms with Crippen LogP contribution in [-0.4, -0.2) is 31.3 Å². The fourth-order valence-electron chi connectivity index (χ4n) is 1.41. The molecule has 5 nitrogen and oxygen atoms in total. The van der Waals surface area contributed by atoms with Gasteiger partial charge in [-0.2, -0.15) is 8.78 Å². The summed E-state index contributed by atoms with van der Waals surface area (Å²) in [6, 6.07) is 4.18. The van der Waals surface area contributed by atoms with Crippen LogP contribution in [0.2, 0.25) is 0 Å². The smallest absolute Gasteiger partial charge is 0.387 e. The van der Waals surface area contributed by atoms with Gasteiger partial charge in [0.1, 0.15) is 0 Å². The highest BCUT2D eigenvalue weighted by molar-refractivity contribution is 5.91. The van der Waals surface area contributed by atoms with Crippen LogP contribution >= 0.6 is 0 Å². The van der Waals surface area contributed by atoms with Crippen molar-refractivity contribution in [2.24, 2.45) is 0 Å². The summed E-state index contributed by atoms with van der Waals surface area (Å²) in [5.41, 5.74) is 0.319. The number of aliphatic hydroxyl groups excluding tert-OH is 1. The standard InChI is InChI=1S/C12H15F2NO4/c1-18-9-5-4-8(7-10(9)19-12(13)14)15-11(17)3-2-6-16/h4-5,7,12,16H,2-3,6H2,1H3,(H,15,17). The molecule has 0 saturated carbocycles. The van der Waals surface area contributed by atoms with Gasteiger partial charge in [0, 0.05) is 24.8 Å². The molecule has 0 heterocycles. The van der Waals surface area contributed by atoms with Crippen LogP contribution in [0.15, 0.2) is 18.2 Å². The number of ether oxygens (including phenoxy) is 2. The van der Waals surface area contributed by atoms with Crippen LogP contribution in [0.25, 0.3) is 0 Å². The molecule has 0 fully saturated rings. The predicted octanol–water partition coefficient (Wildman–Crippen LogP) is 2.01. The van der Waals surface area contributed by atoms with Crippen molar-refractivity contribution in [3.05, 3.63) is 18.2 Å². The molecule has 1 rings (SSSR count). The number of nitrogens with one attached hydrogen (secondary N) is 1. The van der Waals surface area contributed by atoms with Gasteiger partial charge in [0.2, 0.25) is 5.91 Å². The molecule has 0 aliphatic rings. The first-order chi connectivity index (χ1) is 9.06. The van der Waals surface area contributed by atoms with Crippen LogP contribution < -0.4 is 14.8 Å². The van der Waals surface area contributed by atoms with Crippen molar-refractivity contribution in [1.82, 2.24) is 0 Å². The highest BCUT2D eigenvalue weighted by Crippen LogP contribution is 2.31. The van der Waals surface area contributed by atoms with Crippen molar-refractivity contribution in [2.75, 3.05) is 19.0 Å². The van der Waals surface area contributed by atoms with E-state index in [-0.39, 0.29) is 30.4 Å². The Bertz CT molecular complexity index is 426. The molecule has 0 unspecified atom stereocenters. The maximum atomic E-state index is 12.2. The second-order valence-electron chi connectivity index (χ2n) is 3.62. The molecular formula is C12H15F2NO4. The zero-order valence-corrected chi connectivity index (χ0v) is 10.4. The van der Waals surface area contributed by atoms with Crippen LogP contribution in [0.5, 0.6) is 11.5 Å². The van der Waals surface area contributed by atoms with E-state index in [4.69, 9.17) is 9.84 Å². The summed E-state index contributed by atoms with van der Waals surface area (Å²) in [7, 11) is 1.33. The van der Waals surface area contributed by atoms with Crippen LogP contribution in [0.1, 0.15) is 12.8 Å². The molecule has 0 atom stereocenters. The Kier molecular flexibility index (Phi) is 6.01. The minimum absolute atomic E-state index is 0.0875. The Morgan fingerprint density at radius 2 is 2.16 bits per heavy atom. The van der Waals surface area contributed by atoms with Gasteiger partial charge in [-0.3, -0.25) is 4.79 Å². The second kappa shape index (κ2) is 7.52. The number of aliphatic hydroxyl groups is 1. The molecule has 19 heavy (non-hydrogen) atoms. The van der Waals surface area contributed by atoms with Gasteiger partial charge in [0.25, 0.3) is 0 Å². The first-order valence-corrected chi connectivity index (χ1v) is 5.60. The van der Waals surface area contributed by atoms with E-state index in [1.807, 2.05) is 0 Å². The SMILES string of the molecule is COc1ccc(NC(=O)CCCO)cc1OC(F)F. The second-order valence-corrected chi connectivity index (χ2v) is 3.62. The van der Waals surface area contributed by atoms with Crippen molar-refractivity contribution in [3.63, 3.8) is 0 Å². The molecular weight excluding hydrogens is 260 g/mol. The molecule has 1 aromatic carbocycles. The monoisotopic (exact) mass is 275 g/mol. The van der Waals surface area contributed by atoms with E-state index >= 15 is 0 Å². The summed E-state index contributed by atoms with van der Waals surface area (Å²) in [5, 5.41) is 11.1. The number of alkyl halides is 2. The summed E-state index contributed by atoms with van der Waals surface area (Å²) in [5.74, 6) is -0.326. The lowest BCUT2D eigenvalue weighted by atomic mass is 10.2. The average molecular weight is 275 g/mol. The number of anilines is 1. The maximum Gasteiger partial charge on any atom is 0.387 e. The summed E-state index contributed by atoms with van der Waals surface area (Å²) < 4.78 is 33.6. The Labute approximate surface area is 109 Å². The number of hydrogen-bond acceptors (Lipinski definition) is 4. The number of rotatable bonds is 7. The van der Waals surface area contributed by atoms with Crippen LogP contribution in [0, 0.1) is 0 Å². The fourth-order valence-corrected chi connectivity index (χ4v) is 1.41. The molecule has 0 radical (unpaired) electrons. The third kappa shape index (κ3) is 5.09. The van der Waals surface area contributed by atoms with Crippen LogP contribution in [-0.2, 0) is 4.79 Å². The number of halogens is 2. The fraction of sp³-hybridized carbons (Fsp3) is 0.417. The van der Waals surface area contributed by atoms with Gasteiger partial charge in [-0.25, -0.2) is 0 Å². The average Bonchev–Trinajstić information content (AvgIpc) is 2.36. The van der Waals surface area contributed by atoms with Crippen LogP contribution in [0.4, 0.5) is 14.5 Å². The quantitative estimate of drug-likeness (QED) is 0.798. The van der Waals surface area contributed by atoms with Crippen molar-refractivity contribution in [2.45, 2.75) is 19.5 Å². The number of carbonyl (C=O) groups excluding carboxylic acids is 1. The van der Waals surface area contributed by atoms with E-state index in [1.165, 1.54) is 25.3 Å². The number of methoxy groups -OCH3 is 1. The summed E-state index contributed by atoms with van der Waals surface area (Å²) in [6.45, 7) is -3.07. The van der Waals surface area contributed by atoms with Gasteiger partial charge < -0.3 is 19.9 Å². The van der Waals surface area contributed by atoms with E-state index in [0.717, 1.165) is 0 Å². The Hall–Kier alpha value is -1.89. The lowest BCUT2D eigenvalue weighted by Gasteiger charge is -2.12. The zero-order valence-electron chi connectivity index (χ0n) is 10.4. The van der Waals surface area contributed by atoms with Gasteiger partial charge in [-0.1, -0.05) is 0 Å². The molecule has 0 aliphatic carbocycles. The van der Waals surface area contributed by atoms with E-state index in [0.29, 0.717) is 12.1 Å². The summed E-state index contributed by atoms with van der Waals surface area (Å²) >= 11 is 0. The molecule has 7 heteroatoms. The number of hydrogen-bond donors (Lipinski definition) is 2. The third-order valence-corrected chi connectivity index (χ3v) is 2.23. The molecule has 106 valence electrons. The Morgan fingerprint density at radius 1 is 1.42 bits per heavy atom. The van der Waals surface area contributed by atoms with E-state index < -0.39 is 6.61 Å². The summed E-state index contributed by atoms with van der Waals surface area (Å²) in [6.07, 6.45) is 0.482. The Balaban J connectivity index is 2.77. The maximum absolute atomic E-state index is 12.2. The van der Waals surface area contributed by atoms with E-state index in [9.17, 15) is 13.6 Å². The number of carbonyl (C=O) groups is 1. The van der Waals surface area contributed by atoms with Crippen molar-refractivity contribution in [1.29, 1.82) is 0 Å². The normalized spacial score (nSPS) is 10.4. The van der Waals surface area contributed by atoms with Gasteiger partial charge in [-0.05, 0) is 18.6 Å². The first-order valence-electron chi connectivity index (χ1n) is 5.60. The van der Waals surface area contributed by atoms with E-state index in [1.54, 1.807) is 0 Å². The summed E-state index contributed by atoms with van der Waals surface area (Å²) in [4.78, 5) is 11.4. The van der Waals surface area contributed by atoms with Crippen molar-refractivity contribution < 1.29 is 28.2 Å². The molecule has 0 spiro atoms. The largest absolute Gasteiger partial charge is 0.493 e. The van der Waals surface area contributed by atoms with Gasteiger partial charge >= 0.3 is 6.61 Å². The van der Waals surface area contributed by atoms with Crippen molar-refractivity contribution in [3.8, 4) is 11.5 Å². The van der Waals surface area contributed by atoms with Gasteiger partial charge in [0.05, 0.1) is 7.11 Å². The predicted molar refractivity (Wildman–Crippen MR) is 64.6 cm³/mol. The molecule has 2 N–H and O–H groups in total. The Morgan fingerprint density at radius 3 is 2.74 bits per heavy atom.